The topological polar surface area (TPSA) is 32.7 Å². The molecule has 92 valence electrons. The molecule has 2 atom stereocenters. The zero-order valence-electron chi connectivity index (χ0n) is 10.2. The molecule has 0 aromatic heterocycles. The summed E-state index contributed by atoms with van der Waals surface area (Å²) in [5.41, 5.74) is 2.72. The molecule has 1 aromatic carbocycles. The van der Waals surface area contributed by atoms with Gasteiger partial charge in [0.05, 0.1) is 6.10 Å². The molecule has 1 saturated heterocycles. The maximum atomic E-state index is 9.49. The standard InChI is InChI=1S/C14H19NO2/c1-17-12-6-7-15(9-12)14-5-2-10-8-11(16)3-4-13(10)14/h3-4,8,12,14,16H,2,5-7,9H2,1H3. The van der Waals surface area contributed by atoms with E-state index in [9.17, 15) is 5.11 Å². The van der Waals surface area contributed by atoms with Crippen LogP contribution in [0.2, 0.25) is 0 Å². The number of ether oxygens (including phenoxy) is 1. The lowest BCUT2D eigenvalue weighted by Gasteiger charge is -2.24. The predicted molar refractivity (Wildman–Crippen MR) is 66.2 cm³/mol. The summed E-state index contributed by atoms with van der Waals surface area (Å²) in [4.78, 5) is 2.52. The van der Waals surface area contributed by atoms with Gasteiger partial charge in [-0.15, -0.1) is 0 Å². The number of fused-ring (bicyclic) bond motifs is 1. The zero-order chi connectivity index (χ0) is 11.8. The first-order chi connectivity index (χ1) is 8.28. The zero-order valence-corrected chi connectivity index (χ0v) is 10.2. The lowest BCUT2D eigenvalue weighted by atomic mass is 10.1. The molecule has 1 fully saturated rings. The number of phenolic OH excluding ortho intramolecular Hbond substituents is 1. The van der Waals surface area contributed by atoms with E-state index in [-0.39, 0.29) is 0 Å². The average molecular weight is 233 g/mol. The van der Waals surface area contributed by atoms with Crippen LogP contribution in [0.3, 0.4) is 0 Å². The van der Waals surface area contributed by atoms with E-state index < -0.39 is 0 Å². The maximum Gasteiger partial charge on any atom is 0.115 e. The number of likely N-dealkylation sites (tertiary alicyclic amines) is 1. The van der Waals surface area contributed by atoms with Crippen molar-refractivity contribution < 1.29 is 9.84 Å². The van der Waals surface area contributed by atoms with E-state index in [2.05, 4.69) is 11.0 Å². The molecule has 1 heterocycles. The van der Waals surface area contributed by atoms with Crippen LogP contribution in [0, 0.1) is 0 Å². The molecular weight excluding hydrogens is 214 g/mol. The van der Waals surface area contributed by atoms with E-state index in [1.807, 2.05) is 6.07 Å². The van der Waals surface area contributed by atoms with Crippen molar-refractivity contribution in [1.29, 1.82) is 0 Å². The number of aryl methyl sites for hydroxylation is 1. The summed E-state index contributed by atoms with van der Waals surface area (Å²) in [6.45, 7) is 2.17. The first-order valence-corrected chi connectivity index (χ1v) is 6.36. The molecule has 3 heteroatoms. The van der Waals surface area contributed by atoms with Gasteiger partial charge in [0.1, 0.15) is 5.75 Å². The molecule has 1 N–H and O–H groups in total. The molecule has 0 radical (unpaired) electrons. The van der Waals surface area contributed by atoms with Crippen LogP contribution in [0.1, 0.15) is 30.0 Å². The van der Waals surface area contributed by atoms with Gasteiger partial charge in [-0.2, -0.15) is 0 Å². The average Bonchev–Trinajstić information content (AvgIpc) is 2.93. The first kappa shape index (κ1) is 11.1. The summed E-state index contributed by atoms with van der Waals surface area (Å²) in [6, 6.07) is 6.34. The Morgan fingerprint density at radius 2 is 2.24 bits per heavy atom. The molecule has 2 unspecified atom stereocenters. The fourth-order valence-electron chi connectivity index (χ4n) is 3.19. The molecule has 17 heavy (non-hydrogen) atoms. The van der Waals surface area contributed by atoms with Crippen molar-refractivity contribution >= 4 is 0 Å². The second-order valence-electron chi connectivity index (χ2n) is 5.08. The smallest absolute Gasteiger partial charge is 0.115 e. The van der Waals surface area contributed by atoms with E-state index >= 15 is 0 Å². The van der Waals surface area contributed by atoms with Gasteiger partial charge >= 0.3 is 0 Å². The highest BCUT2D eigenvalue weighted by atomic mass is 16.5. The number of methoxy groups -OCH3 is 1. The van der Waals surface area contributed by atoms with Gasteiger partial charge in [-0.25, -0.2) is 0 Å². The van der Waals surface area contributed by atoms with Crippen molar-refractivity contribution in [1.82, 2.24) is 4.90 Å². The minimum Gasteiger partial charge on any atom is -0.508 e. The molecule has 1 aromatic rings. The SMILES string of the molecule is COC1CCN(C2CCc3cc(O)ccc32)C1. The van der Waals surface area contributed by atoms with Gasteiger partial charge in [0.15, 0.2) is 0 Å². The van der Waals surface area contributed by atoms with Gasteiger partial charge < -0.3 is 9.84 Å². The highest BCUT2D eigenvalue weighted by molar-refractivity contribution is 5.40. The Kier molecular flexibility index (Phi) is 2.81. The summed E-state index contributed by atoms with van der Waals surface area (Å²) in [5, 5.41) is 9.49. The quantitative estimate of drug-likeness (QED) is 0.849. The van der Waals surface area contributed by atoms with Gasteiger partial charge in [0, 0.05) is 26.2 Å². The van der Waals surface area contributed by atoms with Crippen molar-refractivity contribution in [2.45, 2.75) is 31.4 Å². The van der Waals surface area contributed by atoms with Gasteiger partial charge in [-0.05, 0) is 42.5 Å². The summed E-state index contributed by atoms with van der Waals surface area (Å²) in [5.74, 6) is 0.389. The molecular formula is C14H19NO2. The summed E-state index contributed by atoms with van der Waals surface area (Å²) >= 11 is 0. The Morgan fingerprint density at radius 3 is 3.00 bits per heavy atom. The van der Waals surface area contributed by atoms with Crippen molar-refractivity contribution in [2.75, 3.05) is 20.2 Å². The van der Waals surface area contributed by atoms with E-state index in [0.717, 1.165) is 25.9 Å². The van der Waals surface area contributed by atoms with E-state index in [1.165, 1.54) is 17.5 Å². The van der Waals surface area contributed by atoms with E-state index in [1.54, 1.807) is 13.2 Å². The van der Waals surface area contributed by atoms with Crippen LogP contribution in [0.5, 0.6) is 5.75 Å². The molecule has 0 bridgehead atoms. The van der Waals surface area contributed by atoms with Gasteiger partial charge in [0.25, 0.3) is 0 Å². The minimum absolute atomic E-state index is 0.389. The Bertz CT molecular complexity index is 419. The van der Waals surface area contributed by atoms with Gasteiger partial charge in [-0.3, -0.25) is 4.90 Å². The van der Waals surface area contributed by atoms with Gasteiger partial charge in [0.2, 0.25) is 0 Å². The number of rotatable bonds is 2. The Hall–Kier alpha value is -1.06. The highest BCUT2D eigenvalue weighted by Gasteiger charge is 2.33. The lowest BCUT2D eigenvalue weighted by molar-refractivity contribution is 0.101. The molecule has 0 amide bonds. The minimum atomic E-state index is 0.389. The Morgan fingerprint density at radius 1 is 1.35 bits per heavy atom. The van der Waals surface area contributed by atoms with Crippen molar-refractivity contribution in [2.24, 2.45) is 0 Å². The van der Waals surface area contributed by atoms with Crippen LogP contribution < -0.4 is 0 Å². The highest BCUT2D eigenvalue weighted by Crippen LogP contribution is 2.38. The van der Waals surface area contributed by atoms with Crippen LogP contribution >= 0.6 is 0 Å². The second-order valence-corrected chi connectivity index (χ2v) is 5.08. The Balaban J connectivity index is 1.80. The molecule has 1 aliphatic carbocycles. The number of hydrogen-bond donors (Lipinski definition) is 1. The molecule has 0 saturated carbocycles. The number of benzene rings is 1. The van der Waals surface area contributed by atoms with Crippen LogP contribution in [-0.2, 0) is 11.2 Å². The largest absolute Gasteiger partial charge is 0.508 e. The van der Waals surface area contributed by atoms with Crippen LogP contribution in [0.15, 0.2) is 18.2 Å². The molecule has 3 nitrogen and oxygen atoms in total. The third-order valence-electron chi connectivity index (χ3n) is 4.12. The monoisotopic (exact) mass is 233 g/mol. The number of nitrogens with zero attached hydrogens (tertiary/aromatic N) is 1. The number of phenols is 1. The third-order valence-corrected chi connectivity index (χ3v) is 4.12. The predicted octanol–water partition coefficient (Wildman–Crippen LogP) is 2.10. The van der Waals surface area contributed by atoms with E-state index in [4.69, 9.17) is 4.74 Å². The number of aromatic hydroxyl groups is 1. The maximum absolute atomic E-state index is 9.49. The summed E-state index contributed by atoms with van der Waals surface area (Å²) < 4.78 is 5.43. The van der Waals surface area contributed by atoms with Gasteiger partial charge in [-0.1, -0.05) is 6.07 Å². The van der Waals surface area contributed by atoms with Crippen molar-refractivity contribution in [3.8, 4) is 5.75 Å². The molecule has 1 aliphatic heterocycles. The van der Waals surface area contributed by atoms with Crippen LogP contribution in [0.4, 0.5) is 0 Å². The van der Waals surface area contributed by atoms with Crippen molar-refractivity contribution in [3.63, 3.8) is 0 Å². The second kappa shape index (κ2) is 4.31. The van der Waals surface area contributed by atoms with Crippen molar-refractivity contribution in [3.05, 3.63) is 29.3 Å². The summed E-state index contributed by atoms with van der Waals surface area (Å²) in [7, 11) is 1.80. The number of hydrogen-bond acceptors (Lipinski definition) is 3. The molecule has 0 spiro atoms. The molecule has 2 aliphatic rings. The summed E-state index contributed by atoms with van der Waals surface area (Å²) in [6.07, 6.45) is 3.80. The van der Waals surface area contributed by atoms with Crippen LogP contribution in [0.25, 0.3) is 0 Å². The first-order valence-electron chi connectivity index (χ1n) is 6.36. The Labute approximate surface area is 102 Å². The van der Waals surface area contributed by atoms with E-state index in [0.29, 0.717) is 17.9 Å². The van der Waals surface area contributed by atoms with Crippen LogP contribution in [-0.4, -0.2) is 36.3 Å². The fourth-order valence-corrected chi connectivity index (χ4v) is 3.19. The molecule has 3 rings (SSSR count). The lowest BCUT2D eigenvalue weighted by Crippen LogP contribution is -2.26. The third kappa shape index (κ3) is 1.94. The fraction of sp³-hybridized carbons (Fsp3) is 0.571. The normalized spacial score (nSPS) is 28.5.